The second-order valence-electron chi connectivity index (χ2n) is 6.78. The predicted octanol–water partition coefficient (Wildman–Crippen LogP) is 1.82. The summed E-state index contributed by atoms with van der Waals surface area (Å²) in [5.41, 5.74) is 1.28. The van der Waals surface area contributed by atoms with Crippen molar-refractivity contribution in [3.05, 3.63) is 35.9 Å². The number of rotatable bonds is 6. The Labute approximate surface area is 150 Å². The van der Waals surface area contributed by atoms with Crippen molar-refractivity contribution in [1.82, 2.24) is 20.4 Å². The first-order valence-electron chi connectivity index (χ1n) is 9.05. The van der Waals surface area contributed by atoms with Gasteiger partial charge in [0.25, 0.3) is 0 Å². The zero-order valence-corrected chi connectivity index (χ0v) is 15.5. The number of benzene rings is 1. The lowest BCUT2D eigenvalue weighted by Gasteiger charge is -2.27. The van der Waals surface area contributed by atoms with Crippen LogP contribution in [0, 0.1) is 0 Å². The van der Waals surface area contributed by atoms with Crippen LogP contribution in [-0.2, 0) is 11.3 Å². The van der Waals surface area contributed by atoms with Crippen LogP contribution >= 0.6 is 0 Å². The van der Waals surface area contributed by atoms with E-state index in [1.54, 1.807) is 11.8 Å². The van der Waals surface area contributed by atoms with E-state index in [-0.39, 0.29) is 11.9 Å². The number of nitrogens with zero attached hydrogens (tertiary/aromatic N) is 2. The maximum Gasteiger partial charge on any atom is 0.318 e. The summed E-state index contributed by atoms with van der Waals surface area (Å²) in [5, 5.41) is 5.79. The number of hydrogen-bond acceptors (Lipinski definition) is 3. The molecule has 6 heteroatoms. The molecule has 138 valence electrons. The summed E-state index contributed by atoms with van der Waals surface area (Å²) in [4.78, 5) is 28.1. The molecule has 2 N–H and O–H groups in total. The smallest absolute Gasteiger partial charge is 0.318 e. The first-order valence-corrected chi connectivity index (χ1v) is 9.05. The van der Waals surface area contributed by atoms with Crippen molar-refractivity contribution >= 4 is 11.9 Å². The van der Waals surface area contributed by atoms with Crippen molar-refractivity contribution in [3.63, 3.8) is 0 Å². The molecule has 3 amide bonds. The Morgan fingerprint density at radius 2 is 2.12 bits per heavy atom. The van der Waals surface area contributed by atoms with E-state index in [9.17, 15) is 9.59 Å². The Bertz CT molecular complexity index is 564. The molecule has 0 saturated carbocycles. The second kappa shape index (κ2) is 9.42. The molecule has 2 atom stereocenters. The molecule has 0 aromatic heterocycles. The Morgan fingerprint density at radius 1 is 1.40 bits per heavy atom. The molecular weight excluding hydrogens is 316 g/mol. The summed E-state index contributed by atoms with van der Waals surface area (Å²) < 4.78 is 0. The molecule has 0 radical (unpaired) electrons. The molecule has 1 saturated heterocycles. The molecule has 1 aliphatic heterocycles. The van der Waals surface area contributed by atoms with E-state index in [4.69, 9.17) is 0 Å². The Balaban J connectivity index is 1.75. The van der Waals surface area contributed by atoms with E-state index in [1.807, 2.05) is 18.2 Å². The zero-order chi connectivity index (χ0) is 18.2. The summed E-state index contributed by atoms with van der Waals surface area (Å²) >= 11 is 0. The van der Waals surface area contributed by atoms with Crippen LogP contribution in [0.1, 0.15) is 32.3 Å². The molecule has 0 aliphatic carbocycles. The molecule has 2 rings (SSSR count). The molecule has 6 nitrogen and oxygen atoms in total. The van der Waals surface area contributed by atoms with Crippen LogP contribution in [0.15, 0.2) is 30.3 Å². The fourth-order valence-electron chi connectivity index (χ4n) is 2.96. The minimum Gasteiger partial charge on any atom is -0.354 e. The first-order chi connectivity index (χ1) is 12.0. The van der Waals surface area contributed by atoms with Crippen molar-refractivity contribution in [1.29, 1.82) is 0 Å². The maximum atomic E-state index is 12.4. The molecule has 0 unspecified atom stereocenters. The van der Waals surface area contributed by atoms with Gasteiger partial charge in [0.05, 0.1) is 0 Å². The number of urea groups is 1. The highest BCUT2D eigenvalue weighted by Crippen LogP contribution is 2.09. The van der Waals surface area contributed by atoms with E-state index in [0.29, 0.717) is 25.7 Å². The van der Waals surface area contributed by atoms with Crippen LogP contribution in [0.4, 0.5) is 4.79 Å². The van der Waals surface area contributed by atoms with Gasteiger partial charge in [0.15, 0.2) is 0 Å². The molecule has 25 heavy (non-hydrogen) atoms. The molecule has 1 aromatic rings. The van der Waals surface area contributed by atoms with Gasteiger partial charge in [-0.25, -0.2) is 4.79 Å². The summed E-state index contributed by atoms with van der Waals surface area (Å²) in [7, 11) is 2.10. The van der Waals surface area contributed by atoms with Crippen LogP contribution in [0.3, 0.4) is 0 Å². The third kappa shape index (κ3) is 5.74. The van der Waals surface area contributed by atoms with Crippen molar-refractivity contribution < 1.29 is 9.59 Å². The van der Waals surface area contributed by atoms with Gasteiger partial charge in [0.2, 0.25) is 5.91 Å². The van der Waals surface area contributed by atoms with Gasteiger partial charge in [0, 0.05) is 32.2 Å². The minimum absolute atomic E-state index is 0.0800. The average Bonchev–Trinajstić information content (AvgIpc) is 2.77. The molecule has 1 fully saturated rings. The standard InChI is InChI=1S/C19H30N4O2/c1-15(22(3)14-17-8-5-4-6-9-17)10-12-21-19(25)23-13-7-11-20-18(24)16(23)2/h4-6,8-9,15-16H,7,10-14H2,1-3H3,(H,20,24)(H,21,25)/t15-,16-/m1/s1. The topological polar surface area (TPSA) is 64.7 Å². The number of amides is 3. The normalized spacial score (nSPS) is 19.3. The van der Waals surface area contributed by atoms with Gasteiger partial charge in [-0.15, -0.1) is 0 Å². The molecule has 1 aliphatic rings. The van der Waals surface area contributed by atoms with Crippen molar-refractivity contribution in [2.24, 2.45) is 0 Å². The van der Waals surface area contributed by atoms with E-state index in [0.717, 1.165) is 19.4 Å². The van der Waals surface area contributed by atoms with Crippen LogP contribution in [0.25, 0.3) is 0 Å². The van der Waals surface area contributed by atoms with Gasteiger partial charge >= 0.3 is 6.03 Å². The largest absolute Gasteiger partial charge is 0.354 e. The lowest BCUT2D eigenvalue weighted by atomic mass is 10.1. The lowest BCUT2D eigenvalue weighted by molar-refractivity contribution is -0.124. The number of hydrogen-bond donors (Lipinski definition) is 2. The average molecular weight is 346 g/mol. The fourth-order valence-corrected chi connectivity index (χ4v) is 2.96. The quantitative estimate of drug-likeness (QED) is 0.826. The van der Waals surface area contributed by atoms with Crippen LogP contribution in [0.2, 0.25) is 0 Å². The Morgan fingerprint density at radius 3 is 2.84 bits per heavy atom. The summed E-state index contributed by atoms with van der Waals surface area (Å²) in [6, 6.07) is 10.1. The fraction of sp³-hybridized carbons (Fsp3) is 0.579. The highest BCUT2D eigenvalue weighted by Gasteiger charge is 2.27. The first kappa shape index (κ1) is 19.2. The summed E-state index contributed by atoms with van der Waals surface area (Å²) in [6.07, 6.45) is 1.66. The van der Waals surface area contributed by atoms with Crippen LogP contribution in [0.5, 0.6) is 0 Å². The molecular formula is C19H30N4O2. The maximum absolute atomic E-state index is 12.4. The van der Waals surface area contributed by atoms with Gasteiger partial charge < -0.3 is 15.5 Å². The number of carbonyl (C=O) groups is 2. The predicted molar refractivity (Wildman–Crippen MR) is 99.2 cm³/mol. The Kier molecular flexibility index (Phi) is 7.25. The van der Waals surface area contributed by atoms with E-state index < -0.39 is 6.04 Å². The SMILES string of the molecule is C[C@H](CCNC(=O)N1CCCNC(=O)[C@H]1C)N(C)Cc1ccccc1. The summed E-state index contributed by atoms with van der Waals surface area (Å²) in [6.45, 7) is 6.67. The van der Waals surface area contributed by atoms with Crippen molar-refractivity contribution in [2.45, 2.75) is 45.3 Å². The second-order valence-corrected chi connectivity index (χ2v) is 6.78. The lowest BCUT2D eigenvalue weighted by Crippen LogP contribution is -2.49. The highest BCUT2D eigenvalue weighted by molar-refractivity contribution is 5.87. The van der Waals surface area contributed by atoms with Gasteiger partial charge in [-0.05, 0) is 39.3 Å². The third-order valence-electron chi connectivity index (χ3n) is 4.85. The van der Waals surface area contributed by atoms with Crippen LogP contribution in [-0.4, -0.2) is 60.5 Å². The highest BCUT2D eigenvalue weighted by atomic mass is 16.2. The van der Waals surface area contributed by atoms with Gasteiger partial charge in [-0.1, -0.05) is 30.3 Å². The van der Waals surface area contributed by atoms with Gasteiger partial charge in [0.1, 0.15) is 6.04 Å². The number of nitrogens with one attached hydrogen (secondary N) is 2. The number of carbonyl (C=O) groups excluding carboxylic acids is 2. The van der Waals surface area contributed by atoms with Gasteiger partial charge in [-0.3, -0.25) is 9.69 Å². The van der Waals surface area contributed by atoms with E-state index in [1.165, 1.54) is 5.56 Å². The van der Waals surface area contributed by atoms with E-state index in [2.05, 4.69) is 41.6 Å². The molecule has 1 aromatic carbocycles. The zero-order valence-electron chi connectivity index (χ0n) is 15.5. The van der Waals surface area contributed by atoms with Crippen molar-refractivity contribution in [3.8, 4) is 0 Å². The summed E-state index contributed by atoms with van der Waals surface area (Å²) in [5.74, 6) is -0.0800. The minimum atomic E-state index is -0.416. The molecule has 0 bridgehead atoms. The van der Waals surface area contributed by atoms with Crippen molar-refractivity contribution in [2.75, 3.05) is 26.7 Å². The molecule has 0 spiro atoms. The third-order valence-corrected chi connectivity index (χ3v) is 4.85. The Hall–Kier alpha value is -2.08. The van der Waals surface area contributed by atoms with E-state index >= 15 is 0 Å². The van der Waals surface area contributed by atoms with Crippen LogP contribution < -0.4 is 10.6 Å². The monoisotopic (exact) mass is 346 g/mol. The molecule has 1 heterocycles. The van der Waals surface area contributed by atoms with Gasteiger partial charge in [-0.2, -0.15) is 0 Å².